The fourth-order valence-corrected chi connectivity index (χ4v) is 12.9. The lowest BCUT2D eigenvalue weighted by atomic mass is 9.65. The average Bonchev–Trinajstić information content (AvgIpc) is 3.14. The molecule has 0 spiro atoms. The highest BCUT2D eigenvalue weighted by Crippen LogP contribution is 2.50. The molecule has 0 aromatic heterocycles. The number of hydrogen-bond acceptors (Lipinski definition) is 4. The minimum absolute atomic E-state index is 0.283. The van der Waals surface area contributed by atoms with E-state index < -0.39 is 25.8 Å². The molecule has 200 valence electrons. The van der Waals surface area contributed by atoms with Crippen LogP contribution in [0, 0.1) is 23.7 Å². The number of hydrogen-bond donors (Lipinski definition) is 1. The van der Waals surface area contributed by atoms with Gasteiger partial charge in [0.2, 0.25) is 14.1 Å². The van der Waals surface area contributed by atoms with Crippen LogP contribution in [-0.4, -0.2) is 44.6 Å². The summed E-state index contributed by atoms with van der Waals surface area (Å²) in [6, 6.07) is 0. The molecule has 0 saturated carbocycles. The number of aliphatic hydroxyl groups is 1. The second-order valence-electron chi connectivity index (χ2n) is 12.8. The maximum absolute atomic E-state index is 11.4. The van der Waals surface area contributed by atoms with Crippen molar-refractivity contribution in [2.75, 3.05) is 13.7 Å². The summed E-state index contributed by atoms with van der Waals surface area (Å²) in [6.07, 6.45) is 10.0. The standard InChI is InChI=1S/C30H52O4Si/c1-19(2)25-13-12-23(9)26-17-28(31)29(10)14-15-30(32-11,34-29)24(16-27(25)26)18-33-35(20(3)4,21(5)6)22(7)8/h12,14-16,19-22,25-28,31H,13,17-18H2,1-11H3/b24-16-/t25-,26+,27-,28+,29+,30-/m1/s1. The first-order valence-corrected chi connectivity index (χ1v) is 16.0. The van der Waals surface area contributed by atoms with Crippen LogP contribution in [0.5, 0.6) is 0 Å². The van der Waals surface area contributed by atoms with Crippen molar-refractivity contribution in [3.8, 4) is 0 Å². The molecule has 35 heavy (non-hydrogen) atoms. The number of aliphatic hydroxyl groups excluding tert-OH is 1. The van der Waals surface area contributed by atoms with Gasteiger partial charge < -0.3 is 19.0 Å². The smallest absolute Gasteiger partial charge is 0.213 e. The molecule has 3 aliphatic rings. The largest absolute Gasteiger partial charge is 0.412 e. The Kier molecular flexibility index (Phi) is 8.71. The van der Waals surface area contributed by atoms with E-state index in [0.29, 0.717) is 47.4 Å². The molecule has 0 amide bonds. The fraction of sp³-hybridized carbons (Fsp3) is 0.800. The van der Waals surface area contributed by atoms with Crippen LogP contribution in [-0.2, 0) is 13.9 Å². The topological polar surface area (TPSA) is 47.9 Å². The van der Waals surface area contributed by atoms with Crippen molar-refractivity contribution in [3.63, 3.8) is 0 Å². The Morgan fingerprint density at radius 2 is 1.66 bits per heavy atom. The number of ether oxygens (including phenoxy) is 2. The molecule has 0 aromatic carbocycles. The van der Waals surface area contributed by atoms with Crippen LogP contribution < -0.4 is 0 Å². The molecule has 4 nitrogen and oxygen atoms in total. The summed E-state index contributed by atoms with van der Waals surface area (Å²) in [4.78, 5) is 0. The maximum Gasteiger partial charge on any atom is 0.213 e. The molecule has 2 heterocycles. The van der Waals surface area contributed by atoms with Crippen LogP contribution in [0.3, 0.4) is 0 Å². The van der Waals surface area contributed by atoms with Crippen molar-refractivity contribution in [1.82, 2.24) is 0 Å². The van der Waals surface area contributed by atoms with Crippen LogP contribution in [0.25, 0.3) is 0 Å². The predicted molar refractivity (Wildman–Crippen MR) is 148 cm³/mol. The molecule has 1 N–H and O–H groups in total. The SMILES string of the molecule is CO[C@]12C=C[C@](C)(O1)[C@@H](O)C[C@H]1C(C)=CC[C@H](C(C)C)[C@H]1/C=C\2CO[Si](C(C)C)(C(C)C)C(C)C. The van der Waals surface area contributed by atoms with Gasteiger partial charge in [-0.3, -0.25) is 0 Å². The van der Waals surface area contributed by atoms with Gasteiger partial charge in [-0.1, -0.05) is 73.1 Å². The third-order valence-corrected chi connectivity index (χ3v) is 15.6. The molecule has 6 atom stereocenters. The molecule has 0 radical (unpaired) electrons. The van der Waals surface area contributed by atoms with E-state index in [4.69, 9.17) is 13.9 Å². The summed E-state index contributed by atoms with van der Waals surface area (Å²) >= 11 is 0. The van der Waals surface area contributed by atoms with Crippen molar-refractivity contribution >= 4 is 8.32 Å². The van der Waals surface area contributed by atoms with E-state index in [0.717, 1.165) is 12.0 Å². The first kappa shape index (κ1) is 28.8. The molecule has 5 heteroatoms. The third-order valence-electron chi connectivity index (χ3n) is 9.59. The number of allylic oxidation sites excluding steroid dienone is 3. The fourth-order valence-electron chi connectivity index (χ4n) is 7.47. The first-order valence-electron chi connectivity index (χ1n) is 13.9. The third kappa shape index (κ3) is 5.05. The lowest BCUT2D eigenvalue weighted by Crippen LogP contribution is -2.50. The van der Waals surface area contributed by atoms with Gasteiger partial charge in [-0.05, 0) is 79.1 Å². The Morgan fingerprint density at radius 3 is 2.17 bits per heavy atom. The lowest BCUT2D eigenvalue weighted by Gasteiger charge is -2.44. The minimum atomic E-state index is -2.09. The highest BCUT2D eigenvalue weighted by Gasteiger charge is 2.53. The Labute approximate surface area is 216 Å². The molecule has 0 aromatic rings. The first-order chi connectivity index (χ1) is 16.2. The normalized spacial score (nSPS) is 37.3. The lowest BCUT2D eigenvalue weighted by molar-refractivity contribution is -0.222. The van der Waals surface area contributed by atoms with E-state index in [-0.39, 0.29) is 5.92 Å². The highest BCUT2D eigenvalue weighted by atomic mass is 28.4. The Bertz CT molecular complexity index is 820. The van der Waals surface area contributed by atoms with Crippen LogP contribution in [0.15, 0.2) is 35.5 Å². The van der Waals surface area contributed by atoms with Gasteiger partial charge in [0.15, 0.2) is 0 Å². The highest BCUT2D eigenvalue weighted by molar-refractivity contribution is 6.77. The molecule has 0 fully saturated rings. The zero-order chi connectivity index (χ0) is 26.3. The van der Waals surface area contributed by atoms with Crippen LogP contribution in [0.2, 0.25) is 16.6 Å². The summed E-state index contributed by atoms with van der Waals surface area (Å²) in [6.45, 7) is 23.4. The molecule has 3 rings (SSSR count). The van der Waals surface area contributed by atoms with Crippen LogP contribution >= 0.6 is 0 Å². The van der Waals surface area contributed by atoms with Gasteiger partial charge in [-0.2, -0.15) is 0 Å². The Morgan fingerprint density at radius 1 is 1.06 bits per heavy atom. The number of fused-ring (bicyclic) bond motifs is 3. The van der Waals surface area contributed by atoms with Gasteiger partial charge in [0.1, 0.15) is 5.60 Å². The molecule has 0 saturated heterocycles. The van der Waals surface area contributed by atoms with E-state index in [1.165, 1.54) is 5.57 Å². The number of methoxy groups -OCH3 is 1. The summed E-state index contributed by atoms with van der Waals surface area (Å²) in [5.74, 6) is 0.641. The van der Waals surface area contributed by atoms with E-state index >= 15 is 0 Å². The van der Waals surface area contributed by atoms with E-state index in [1.807, 2.05) is 19.1 Å². The summed E-state index contributed by atoms with van der Waals surface area (Å²) in [5.41, 5.74) is 3.15. The van der Waals surface area contributed by atoms with Gasteiger partial charge in [-0.25, -0.2) is 0 Å². The molecule has 2 bridgehead atoms. The maximum atomic E-state index is 11.4. The minimum Gasteiger partial charge on any atom is -0.412 e. The van der Waals surface area contributed by atoms with Crippen molar-refractivity contribution in [2.24, 2.45) is 23.7 Å². The second-order valence-corrected chi connectivity index (χ2v) is 18.3. The van der Waals surface area contributed by atoms with Crippen molar-refractivity contribution in [3.05, 3.63) is 35.5 Å². The van der Waals surface area contributed by atoms with Gasteiger partial charge in [0, 0.05) is 12.7 Å². The molecule has 0 unspecified atom stereocenters. The summed E-state index contributed by atoms with van der Waals surface area (Å²) in [5, 5.41) is 11.4. The summed E-state index contributed by atoms with van der Waals surface area (Å²) < 4.78 is 20.0. The van der Waals surface area contributed by atoms with Gasteiger partial charge in [0.05, 0.1) is 12.7 Å². The van der Waals surface area contributed by atoms with Gasteiger partial charge in [0.25, 0.3) is 0 Å². The summed E-state index contributed by atoms with van der Waals surface area (Å²) in [7, 11) is -0.375. The average molecular weight is 505 g/mol. The van der Waals surface area contributed by atoms with E-state index in [1.54, 1.807) is 7.11 Å². The molecule has 2 aliphatic heterocycles. The predicted octanol–water partition coefficient (Wildman–Crippen LogP) is 7.41. The zero-order valence-corrected chi connectivity index (χ0v) is 25.2. The quantitative estimate of drug-likeness (QED) is 0.276. The number of rotatable bonds is 8. The molecular weight excluding hydrogens is 452 g/mol. The Hall–Kier alpha value is -0.723. The van der Waals surface area contributed by atoms with Crippen LogP contribution in [0.4, 0.5) is 0 Å². The van der Waals surface area contributed by atoms with Gasteiger partial charge in [-0.15, -0.1) is 0 Å². The van der Waals surface area contributed by atoms with E-state index in [2.05, 4.69) is 74.5 Å². The monoisotopic (exact) mass is 504 g/mol. The van der Waals surface area contributed by atoms with Crippen molar-refractivity contribution in [2.45, 2.75) is 116 Å². The van der Waals surface area contributed by atoms with Crippen molar-refractivity contribution < 1.29 is 19.0 Å². The zero-order valence-electron chi connectivity index (χ0n) is 24.2. The Balaban J connectivity index is 2.15. The molecular formula is C30H52O4Si. The molecule has 1 aliphatic carbocycles. The second kappa shape index (κ2) is 10.6. The van der Waals surface area contributed by atoms with Crippen LogP contribution in [0.1, 0.15) is 82.1 Å². The van der Waals surface area contributed by atoms with E-state index in [9.17, 15) is 5.11 Å². The van der Waals surface area contributed by atoms with Gasteiger partial charge >= 0.3 is 0 Å². The van der Waals surface area contributed by atoms with Crippen molar-refractivity contribution in [1.29, 1.82) is 0 Å².